The lowest BCUT2D eigenvalue weighted by Crippen LogP contribution is -2.10. The van der Waals surface area contributed by atoms with Gasteiger partial charge in [0.25, 0.3) is 0 Å². The van der Waals surface area contributed by atoms with Gasteiger partial charge >= 0.3 is 0 Å². The molecule has 0 fully saturated rings. The maximum Gasteiger partial charge on any atom is 0.123 e. The van der Waals surface area contributed by atoms with E-state index in [0.717, 1.165) is 29.4 Å². The van der Waals surface area contributed by atoms with Crippen molar-refractivity contribution in [3.8, 4) is 0 Å². The molecule has 0 aliphatic carbocycles. The van der Waals surface area contributed by atoms with Crippen molar-refractivity contribution in [2.24, 2.45) is 13.0 Å². The molecule has 1 heterocycles. The van der Waals surface area contributed by atoms with Gasteiger partial charge < -0.3 is 0 Å². The number of halogens is 2. The number of rotatable bonds is 5. The highest BCUT2D eigenvalue weighted by atomic mass is 79.9. The molecule has 0 aliphatic rings. The number of aryl methyl sites for hydroxylation is 1. The molecule has 96 valence electrons. The van der Waals surface area contributed by atoms with Gasteiger partial charge in [0.1, 0.15) is 5.82 Å². The van der Waals surface area contributed by atoms with Crippen molar-refractivity contribution in [1.82, 2.24) is 9.78 Å². The van der Waals surface area contributed by atoms with Gasteiger partial charge in [0.05, 0.1) is 5.69 Å². The van der Waals surface area contributed by atoms with Crippen LogP contribution in [0.3, 0.4) is 0 Å². The number of aromatic nitrogens is 2. The molecule has 0 N–H and O–H groups in total. The topological polar surface area (TPSA) is 17.8 Å². The molecule has 0 saturated carbocycles. The Balaban J connectivity index is 2.01. The first-order chi connectivity index (χ1) is 8.67. The zero-order valence-electron chi connectivity index (χ0n) is 10.3. The Kier molecular flexibility index (Phi) is 4.53. The first-order valence-electron chi connectivity index (χ1n) is 5.96. The largest absolute Gasteiger partial charge is 0.276 e. The van der Waals surface area contributed by atoms with Crippen LogP contribution in [0.1, 0.15) is 11.3 Å². The average Bonchev–Trinajstić information content (AvgIpc) is 2.74. The van der Waals surface area contributed by atoms with E-state index in [0.29, 0.717) is 5.92 Å². The van der Waals surface area contributed by atoms with Crippen molar-refractivity contribution in [2.75, 3.05) is 5.33 Å². The standard InChI is InChI=1S/C14H16BrFN2/c1-18-6-5-14(17-18)9-12(10-15)7-11-3-2-4-13(16)8-11/h2-6,8,12H,7,9-10H2,1H3. The second-order valence-corrected chi connectivity index (χ2v) is 5.19. The third-order valence-corrected chi connectivity index (χ3v) is 3.81. The van der Waals surface area contributed by atoms with E-state index in [1.54, 1.807) is 12.1 Å². The summed E-state index contributed by atoms with van der Waals surface area (Å²) in [6.07, 6.45) is 3.71. The van der Waals surface area contributed by atoms with Gasteiger partial charge in [-0.1, -0.05) is 28.1 Å². The Morgan fingerprint density at radius 3 is 2.78 bits per heavy atom. The van der Waals surface area contributed by atoms with E-state index in [1.165, 1.54) is 6.07 Å². The van der Waals surface area contributed by atoms with Crippen molar-refractivity contribution >= 4 is 15.9 Å². The molecule has 2 rings (SSSR count). The van der Waals surface area contributed by atoms with Gasteiger partial charge in [-0.25, -0.2) is 4.39 Å². The van der Waals surface area contributed by atoms with E-state index in [-0.39, 0.29) is 5.82 Å². The fraction of sp³-hybridized carbons (Fsp3) is 0.357. The van der Waals surface area contributed by atoms with Gasteiger partial charge in [0.15, 0.2) is 0 Å². The number of hydrogen-bond acceptors (Lipinski definition) is 1. The molecule has 0 amide bonds. The Morgan fingerprint density at radius 2 is 2.17 bits per heavy atom. The maximum absolute atomic E-state index is 13.1. The van der Waals surface area contributed by atoms with E-state index in [4.69, 9.17) is 0 Å². The first kappa shape index (κ1) is 13.3. The lowest BCUT2D eigenvalue weighted by Gasteiger charge is -2.12. The predicted octanol–water partition coefficient (Wildman–Crippen LogP) is 3.36. The summed E-state index contributed by atoms with van der Waals surface area (Å²) in [6.45, 7) is 0. The van der Waals surface area contributed by atoms with Crippen molar-refractivity contribution in [3.63, 3.8) is 0 Å². The number of alkyl halides is 1. The van der Waals surface area contributed by atoms with Crippen LogP contribution >= 0.6 is 15.9 Å². The molecule has 0 bridgehead atoms. The number of hydrogen-bond donors (Lipinski definition) is 0. The molecule has 1 atom stereocenters. The second kappa shape index (κ2) is 6.14. The molecule has 0 aliphatic heterocycles. The van der Waals surface area contributed by atoms with Gasteiger partial charge in [0.2, 0.25) is 0 Å². The third kappa shape index (κ3) is 3.67. The van der Waals surface area contributed by atoms with E-state index >= 15 is 0 Å². The molecular weight excluding hydrogens is 295 g/mol. The summed E-state index contributed by atoms with van der Waals surface area (Å²) in [4.78, 5) is 0. The fourth-order valence-corrected chi connectivity index (χ4v) is 2.50. The fourth-order valence-electron chi connectivity index (χ4n) is 2.05. The van der Waals surface area contributed by atoms with Crippen molar-refractivity contribution < 1.29 is 4.39 Å². The molecule has 1 aromatic heterocycles. The van der Waals surface area contributed by atoms with Gasteiger partial charge in [-0.2, -0.15) is 5.10 Å². The highest BCUT2D eigenvalue weighted by Crippen LogP contribution is 2.16. The van der Waals surface area contributed by atoms with Crippen LogP contribution in [0.4, 0.5) is 4.39 Å². The highest BCUT2D eigenvalue weighted by molar-refractivity contribution is 9.09. The van der Waals surface area contributed by atoms with E-state index in [2.05, 4.69) is 21.0 Å². The minimum absolute atomic E-state index is 0.168. The van der Waals surface area contributed by atoms with Gasteiger partial charge in [0, 0.05) is 18.6 Å². The van der Waals surface area contributed by atoms with Gasteiger partial charge in [-0.05, 0) is 42.5 Å². The zero-order valence-corrected chi connectivity index (χ0v) is 11.9. The molecule has 0 spiro atoms. The van der Waals surface area contributed by atoms with Crippen molar-refractivity contribution in [2.45, 2.75) is 12.8 Å². The minimum atomic E-state index is -0.168. The zero-order chi connectivity index (χ0) is 13.0. The number of nitrogens with zero attached hydrogens (tertiary/aromatic N) is 2. The van der Waals surface area contributed by atoms with Crippen LogP contribution in [0, 0.1) is 11.7 Å². The van der Waals surface area contributed by atoms with Crippen molar-refractivity contribution in [3.05, 3.63) is 53.6 Å². The summed E-state index contributed by atoms with van der Waals surface area (Å²) in [5.41, 5.74) is 2.12. The van der Waals surface area contributed by atoms with Crippen LogP contribution in [0.15, 0.2) is 36.5 Å². The van der Waals surface area contributed by atoms with E-state index in [9.17, 15) is 4.39 Å². The first-order valence-corrected chi connectivity index (χ1v) is 7.08. The quantitative estimate of drug-likeness (QED) is 0.774. The summed E-state index contributed by atoms with van der Waals surface area (Å²) in [5, 5.41) is 5.27. The molecule has 4 heteroatoms. The molecule has 18 heavy (non-hydrogen) atoms. The van der Waals surface area contributed by atoms with Gasteiger partial charge in [-0.15, -0.1) is 0 Å². The highest BCUT2D eigenvalue weighted by Gasteiger charge is 2.11. The summed E-state index contributed by atoms with van der Waals surface area (Å²) < 4.78 is 14.9. The smallest absolute Gasteiger partial charge is 0.123 e. The van der Waals surface area contributed by atoms with Crippen LogP contribution in [-0.2, 0) is 19.9 Å². The van der Waals surface area contributed by atoms with Crippen LogP contribution in [-0.4, -0.2) is 15.1 Å². The molecule has 2 aromatic rings. The Morgan fingerprint density at radius 1 is 1.33 bits per heavy atom. The monoisotopic (exact) mass is 310 g/mol. The lowest BCUT2D eigenvalue weighted by atomic mass is 9.96. The molecule has 2 nitrogen and oxygen atoms in total. The Bertz CT molecular complexity index is 510. The Hall–Kier alpha value is -1.16. The van der Waals surface area contributed by atoms with E-state index < -0.39 is 0 Å². The number of benzene rings is 1. The second-order valence-electron chi connectivity index (χ2n) is 4.54. The van der Waals surface area contributed by atoms with Crippen LogP contribution < -0.4 is 0 Å². The third-order valence-electron chi connectivity index (χ3n) is 2.90. The summed E-state index contributed by atoms with van der Waals surface area (Å²) >= 11 is 3.53. The summed E-state index contributed by atoms with van der Waals surface area (Å²) in [5.74, 6) is 0.264. The van der Waals surface area contributed by atoms with Crippen LogP contribution in [0.25, 0.3) is 0 Å². The molecule has 0 radical (unpaired) electrons. The van der Waals surface area contributed by atoms with E-state index in [1.807, 2.05) is 30.1 Å². The average molecular weight is 311 g/mol. The predicted molar refractivity (Wildman–Crippen MR) is 74.3 cm³/mol. The maximum atomic E-state index is 13.1. The SMILES string of the molecule is Cn1ccc(CC(CBr)Cc2cccc(F)c2)n1. The normalized spacial score (nSPS) is 12.6. The van der Waals surface area contributed by atoms with Crippen LogP contribution in [0.2, 0.25) is 0 Å². The lowest BCUT2D eigenvalue weighted by molar-refractivity contribution is 0.569. The molecule has 1 unspecified atom stereocenters. The Labute approximate surface area is 115 Å². The molecule has 0 saturated heterocycles. The van der Waals surface area contributed by atoms with Gasteiger partial charge in [-0.3, -0.25) is 4.68 Å². The summed E-state index contributed by atoms with van der Waals surface area (Å²) in [7, 11) is 1.92. The van der Waals surface area contributed by atoms with Crippen LogP contribution in [0.5, 0.6) is 0 Å². The summed E-state index contributed by atoms with van der Waals surface area (Å²) in [6, 6.07) is 8.84. The molecule has 1 aromatic carbocycles. The minimum Gasteiger partial charge on any atom is -0.276 e. The molecular formula is C14H16BrFN2. The van der Waals surface area contributed by atoms with Crippen molar-refractivity contribution in [1.29, 1.82) is 0 Å².